The number of carbonyl (C=O) groups is 1. The Kier molecular flexibility index (Phi) is 6.01. The molecule has 8 heteroatoms. The van der Waals surface area contributed by atoms with Gasteiger partial charge in [-0.15, -0.1) is 0 Å². The lowest BCUT2D eigenvalue weighted by molar-refractivity contribution is 0.0708. The third-order valence-corrected chi connectivity index (χ3v) is 7.93. The highest BCUT2D eigenvalue weighted by molar-refractivity contribution is 7.89. The van der Waals surface area contributed by atoms with Crippen LogP contribution in [0.2, 0.25) is 0 Å². The van der Waals surface area contributed by atoms with Gasteiger partial charge in [-0.2, -0.15) is 4.31 Å². The summed E-state index contributed by atoms with van der Waals surface area (Å²) in [5, 5.41) is 0. The molecule has 0 spiro atoms. The van der Waals surface area contributed by atoms with Crippen LogP contribution in [-0.2, 0) is 14.8 Å². The van der Waals surface area contributed by atoms with Gasteiger partial charge in [-0.1, -0.05) is 0 Å². The summed E-state index contributed by atoms with van der Waals surface area (Å²) < 4.78 is 32.2. The van der Waals surface area contributed by atoms with E-state index in [4.69, 9.17) is 4.74 Å². The molecule has 4 rings (SSSR count). The van der Waals surface area contributed by atoms with Crippen LogP contribution in [-0.4, -0.2) is 87.0 Å². The summed E-state index contributed by atoms with van der Waals surface area (Å²) in [4.78, 5) is 17.7. The fraction of sp³-hybridized carbons (Fsp3) is 0.650. The Bertz CT molecular complexity index is 784. The van der Waals surface area contributed by atoms with E-state index in [1.165, 1.54) is 17.1 Å². The molecular formula is C20H29N3O4S. The van der Waals surface area contributed by atoms with E-state index < -0.39 is 10.0 Å². The van der Waals surface area contributed by atoms with E-state index in [0.29, 0.717) is 31.9 Å². The molecule has 3 heterocycles. The lowest BCUT2D eigenvalue weighted by Gasteiger charge is -2.29. The molecule has 0 radical (unpaired) electrons. The van der Waals surface area contributed by atoms with E-state index in [9.17, 15) is 13.2 Å². The second kappa shape index (κ2) is 8.49. The number of hydrogen-bond donors (Lipinski definition) is 0. The first kappa shape index (κ1) is 19.8. The van der Waals surface area contributed by atoms with Crippen LogP contribution in [0.25, 0.3) is 0 Å². The number of nitrogens with zero attached hydrogens (tertiary/aromatic N) is 3. The van der Waals surface area contributed by atoms with Crippen LogP contribution in [0.3, 0.4) is 0 Å². The van der Waals surface area contributed by atoms with Gasteiger partial charge in [0.05, 0.1) is 18.1 Å². The maximum atomic E-state index is 13.0. The normalized spacial score (nSPS) is 24.7. The van der Waals surface area contributed by atoms with E-state index in [1.54, 1.807) is 24.3 Å². The summed E-state index contributed by atoms with van der Waals surface area (Å²) in [6, 6.07) is 6.69. The number of carbonyl (C=O) groups excluding carboxylic acids is 1. The average Bonchev–Trinajstić information content (AvgIpc) is 3.41. The standard InChI is InChI=1S/C20H29N3O4S/c24-20(23-11-3-4-18(23)16-21-9-1-2-10-21)17-5-7-19(8-6-17)28(25,26)22-12-14-27-15-13-22/h5-8,18H,1-4,9-16H2/t18-/m0/s1. The number of likely N-dealkylation sites (tertiary alicyclic amines) is 2. The largest absolute Gasteiger partial charge is 0.379 e. The zero-order chi connectivity index (χ0) is 19.6. The first-order chi connectivity index (χ1) is 13.6. The van der Waals surface area contributed by atoms with Crippen molar-refractivity contribution in [1.82, 2.24) is 14.1 Å². The Balaban J connectivity index is 1.44. The fourth-order valence-corrected chi connectivity index (χ4v) is 5.84. The molecule has 28 heavy (non-hydrogen) atoms. The zero-order valence-corrected chi connectivity index (χ0v) is 17.1. The smallest absolute Gasteiger partial charge is 0.254 e. The molecule has 1 amide bonds. The second-order valence-corrected chi connectivity index (χ2v) is 9.78. The molecule has 3 saturated heterocycles. The van der Waals surface area contributed by atoms with Crippen molar-refractivity contribution < 1.29 is 17.9 Å². The molecule has 3 aliphatic heterocycles. The molecule has 0 N–H and O–H groups in total. The predicted molar refractivity (Wildman–Crippen MR) is 106 cm³/mol. The average molecular weight is 408 g/mol. The van der Waals surface area contributed by atoms with Crippen LogP contribution in [0.1, 0.15) is 36.0 Å². The molecule has 1 aromatic rings. The van der Waals surface area contributed by atoms with Crippen LogP contribution < -0.4 is 0 Å². The van der Waals surface area contributed by atoms with Crippen molar-refractivity contribution in [2.45, 2.75) is 36.6 Å². The van der Waals surface area contributed by atoms with E-state index in [0.717, 1.165) is 39.0 Å². The summed E-state index contributed by atoms with van der Waals surface area (Å²) in [6.45, 7) is 5.58. The van der Waals surface area contributed by atoms with Crippen molar-refractivity contribution in [2.75, 3.05) is 52.5 Å². The van der Waals surface area contributed by atoms with E-state index in [-0.39, 0.29) is 16.8 Å². The van der Waals surface area contributed by atoms with Gasteiger partial charge in [-0.05, 0) is 63.0 Å². The number of sulfonamides is 1. The quantitative estimate of drug-likeness (QED) is 0.738. The number of benzene rings is 1. The Morgan fingerprint density at radius 2 is 1.64 bits per heavy atom. The van der Waals surface area contributed by atoms with Crippen molar-refractivity contribution in [3.05, 3.63) is 29.8 Å². The molecule has 1 aromatic carbocycles. The summed E-state index contributed by atoms with van der Waals surface area (Å²) in [6.07, 6.45) is 4.58. The maximum Gasteiger partial charge on any atom is 0.254 e. The molecule has 0 aromatic heterocycles. The number of amides is 1. The van der Waals surface area contributed by atoms with Gasteiger partial charge in [0.1, 0.15) is 0 Å². The van der Waals surface area contributed by atoms with Crippen molar-refractivity contribution in [3.8, 4) is 0 Å². The van der Waals surface area contributed by atoms with Crippen molar-refractivity contribution in [2.24, 2.45) is 0 Å². The fourth-order valence-electron chi connectivity index (χ4n) is 4.43. The Hall–Kier alpha value is -1.48. The van der Waals surface area contributed by atoms with Crippen LogP contribution in [0, 0.1) is 0 Å². The first-order valence-electron chi connectivity index (χ1n) is 10.3. The third kappa shape index (κ3) is 4.10. The lowest BCUT2D eigenvalue weighted by Crippen LogP contribution is -2.42. The monoisotopic (exact) mass is 407 g/mol. The maximum absolute atomic E-state index is 13.0. The summed E-state index contributed by atoms with van der Waals surface area (Å²) in [7, 11) is -3.53. The second-order valence-electron chi connectivity index (χ2n) is 7.84. The number of ether oxygens (including phenoxy) is 1. The molecule has 0 unspecified atom stereocenters. The van der Waals surface area contributed by atoms with Crippen molar-refractivity contribution in [1.29, 1.82) is 0 Å². The number of morpholine rings is 1. The predicted octanol–water partition coefficient (Wildman–Crippen LogP) is 1.41. The van der Waals surface area contributed by atoms with E-state index >= 15 is 0 Å². The molecule has 7 nitrogen and oxygen atoms in total. The molecule has 154 valence electrons. The summed E-state index contributed by atoms with van der Waals surface area (Å²) in [5.41, 5.74) is 0.564. The highest BCUT2D eigenvalue weighted by Crippen LogP contribution is 2.24. The minimum absolute atomic E-state index is 0.0111. The number of hydrogen-bond acceptors (Lipinski definition) is 5. The Labute approximate surface area is 167 Å². The van der Waals surface area contributed by atoms with Crippen LogP contribution >= 0.6 is 0 Å². The zero-order valence-electron chi connectivity index (χ0n) is 16.3. The van der Waals surface area contributed by atoms with Gasteiger partial charge in [0.25, 0.3) is 5.91 Å². The summed E-state index contributed by atoms with van der Waals surface area (Å²) >= 11 is 0. The highest BCUT2D eigenvalue weighted by atomic mass is 32.2. The van der Waals surface area contributed by atoms with Gasteiger partial charge in [-0.3, -0.25) is 4.79 Å². The molecule has 1 atom stereocenters. The van der Waals surface area contributed by atoms with Crippen molar-refractivity contribution in [3.63, 3.8) is 0 Å². The Morgan fingerprint density at radius 1 is 0.964 bits per heavy atom. The minimum atomic E-state index is -3.53. The first-order valence-corrected chi connectivity index (χ1v) is 11.7. The molecule has 0 bridgehead atoms. The van der Waals surface area contributed by atoms with Crippen LogP contribution in [0.15, 0.2) is 29.2 Å². The van der Waals surface area contributed by atoms with Gasteiger partial charge in [0.15, 0.2) is 0 Å². The lowest BCUT2D eigenvalue weighted by atomic mass is 10.1. The molecule has 3 fully saturated rings. The van der Waals surface area contributed by atoms with Gasteiger partial charge >= 0.3 is 0 Å². The van der Waals surface area contributed by atoms with E-state index in [1.807, 2.05) is 4.90 Å². The minimum Gasteiger partial charge on any atom is -0.379 e. The van der Waals surface area contributed by atoms with Gasteiger partial charge in [0, 0.05) is 37.8 Å². The highest BCUT2D eigenvalue weighted by Gasteiger charge is 2.32. The van der Waals surface area contributed by atoms with Gasteiger partial charge in [-0.25, -0.2) is 8.42 Å². The van der Waals surface area contributed by atoms with Crippen molar-refractivity contribution >= 4 is 15.9 Å². The third-order valence-electron chi connectivity index (χ3n) is 6.01. The molecule has 0 saturated carbocycles. The Morgan fingerprint density at radius 3 is 2.32 bits per heavy atom. The summed E-state index contributed by atoms with van der Waals surface area (Å²) in [5.74, 6) is 0.0111. The van der Waals surface area contributed by atoms with E-state index in [2.05, 4.69) is 4.90 Å². The number of rotatable bonds is 5. The van der Waals surface area contributed by atoms with Crippen LogP contribution in [0.4, 0.5) is 0 Å². The SMILES string of the molecule is O=C(c1ccc(S(=O)(=O)N2CCOCC2)cc1)N1CCC[C@H]1CN1CCCC1. The molecular weight excluding hydrogens is 378 g/mol. The molecule has 3 aliphatic rings. The van der Waals surface area contributed by atoms with Crippen LogP contribution in [0.5, 0.6) is 0 Å². The van der Waals surface area contributed by atoms with Gasteiger partial charge in [0.2, 0.25) is 10.0 Å². The molecule has 0 aliphatic carbocycles. The topological polar surface area (TPSA) is 70.2 Å². The van der Waals surface area contributed by atoms with Gasteiger partial charge < -0.3 is 14.5 Å².